The Balaban J connectivity index is 0.000000249. The average Bonchev–Trinajstić information content (AvgIpc) is 2.66. The molecule has 3 amide bonds. The minimum Gasteiger partial charge on any atom is -0.353 e. The van der Waals surface area contributed by atoms with Crippen LogP contribution in [-0.4, -0.2) is 30.9 Å². The second-order valence-electron chi connectivity index (χ2n) is 2.33. The van der Waals surface area contributed by atoms with Crippen molar-refractivity contribution in [3.63, 3.8) is 0 Å². The summed E-state index contributed by atoms with van der Waals surface area (Å²) in [6, 6.07) is -0.407. The topological polar surface area (TPSA) is 70.9 Å². The number of nitrogens with one attached hydrogen (secondary N) is 1. The Bertz CT molecular complexity index is 255. The summed E-state index contributed by atoms with van der Waals surface area (Å²) in [5.74, 6) is -0.0909. The van der Waals surface area contributed by atoms with Crippen LogP contribution >= 0.6 is 0 Å². The smallest absolute Gasteiger partial charge is 0.353 e. The second-order valence-corrected chi connectivity index (χ2v) is 2.33. The van der Waals surface area contributed by atoms with Gasteiger partial charge < -0.3 is 5.32 Å². The van der Waals surface area contributed by atoms with E-state index in [0.717, 1.165) is 13.0 Å². The first kappa shape index (κ1) is 12.2. The summed E-state index contributed by atoms with van der Waals surface area (Å²) in [5, 5.41) is 2.62. The molecule has 14 heavy (non-hydrogen) atoms. The molecule has 0 unspecified atom stereocenters. The van der Waals surface area contributed by atoms with E-state index in [1.165, 1.54) is 18.5 Å². The minimum atomic E-state index is -0.407. The second kappa shape index (κ2) is 7.85. The molecule has 0 atom stereocenters. The zero-order valence-electron chi connectivity index (χ0n) is 8.06. The van der Waals surface area contributed by atoms with Crippen LogP contribution in [-0.2, 0) is 4.79 Å². The molecule has 0 bridgehead atoms. The van der Waals surface area contributed by atoms with Gasteiger partial charge in [-0.05, 0) is 12.5 Å². The highest BCUT2D eigenvalue weighted by Gasteiger charge is 1.91. The molecule has 1 aliphatic rings. The highest BCUT2D eigenvalue weighted by molar-refractivity contribution is 6.25. The van der Waals surface area contributed by atoms with Crippen molar-refractivity contribution in [2.45, 2.75) is 13.3 Å². The highest BCUT2D eigenvalue weighted by Crippen LogP contribution is 1.81. The number of carbonyl (C=O) groups is 2. The normalized spacial score (nSPS) is 11.9. The van der Waals surface area contributed by atoms with Crippen molar-refractivity contribution < 1.29 is 9.59 Å². The number of aliphatic imine (C=N–C) groups is 2. The number of urea groups is 1. The van der Waals surface area contributed by atoms with Crippen molar-refractivity contribution in [3.05, 3.63) is 12.7 Å². The summed E-state index contributed by atoms with van der Waals surface area (Å²) < 4.78 is 0. The maximum absolute atomic E-state index is 10.3. The molecule has 1 rings (SSSR count). The molecule has 1 aliphatic heterocycles. The summed E-state index contributed by atoms with van der Waals surface area (Å²) in [6.07, 6.45) is 4.97. The van der Waals surface area contributed by atoms with E-state index in [-0.39, 0.29) is 5.91 Å². The number of carbonyl (C=O) groups excluding carboxylic acids is 2. The first-order chi connectivity index (χ1) is 6.70. The molecular weight excluding hydrogens is 182 g/mol. The third-order valence-corrected chi connectivity index (χ3v) is 1.17. The predicted octanol–water partition coefficient (Wildman–Crippen LogP) is 0.960. The van der Waals surface area contributed by atoms with E-state index in [0.29, 0.717) is 0 Å². The van der Waals surface area contributed by atoms with Crippen LogP contribution in [0.15, 0.2) is 22.6 Å². The summed E-state index contributed by atoms with van der Waals surface area (Å²) in [7, 11) is 0. The number of nitrogens with zero attached hydrogens (tertiary/aromatic N) is 2. The van der Waals surface area contributed by atoms with E-state index in [1.807, 2.05) is 6.92 Å². The van der Waals surface area contributed by atoms with Gasteiger partial charge in [0, 0.05) is 6.54 Å². The fourth-order valence-corrected chi connectivity index (χ4v) is 0.548. The third-order valence-electron chi connectivity index (χ3n) is 1.17. The van der Waals surface area contributed by atoms with Crippen LogP contribution in [0, 0.1) is 0 Å². The summed E-state index contributed by atoms with van der Waals surface area (Å²) in [5.41, 5.74) is 0. The molecule has 0 spiro atoms. The van der Waals surface area contributed by atoms with Gasteiger partial charge in [-0.15, -0.1) is 0 Å². The summed E-state index contributed by atoms with van der Waals surface area (Å²) in [4.78, 5) is 26.7. The predicted molar refractivity (Wildman–Crippen MR) is 55.9 cm³/mol. The van der Waals surface area contributed by atoms with Crippen LogP contribution in [0.3, 0.4) is 0 Å². The van der Waals surface area contributed by atoms with Gasteiger partial charge in [-0.2, -0.15) is 9.98 Å². The molecule has 76 valence electrons. The Morgan fingerprint density at radius 3 is 2.43 bits per heavy atom. The maximum atomic E-state index is 10.3. The van der Waals surface area contributed by atoms with Crippen LogP contribution < -0.4 is 5.32 Å². The molecule has 0 fully saturated rings. The van der Waals surface area contributed by atoms with Crippen molar-refractivity contribution >= 4 is 24.4 Å². The molecule has 0 radical (unpaired) electrons. The monoisotopic (exact) mass is 195 g/mol. The van der Waals surface area contributed by atoms with E-state index in [2.05, 4.69) is 21.9 Å². The van der Waals surface area contributed by atoms with Gasteiger partial charge in [-0.1, -0.05) is 13.5 Å². The van der Waals surface area contributed by atoms with Crippen molar-refractivity contribution in [2.24, 2.45) is 9.98 Å². The molecule has 1 N–H and O–H groups in total. The SMILES string of the molecule is C=CC(=O)NCCC.O=C1N=CC=N1. The van der Waals surface area contributed by atoms with E-state index >= 15 is 0 Å². The van der Waals surface area contributed by atoms with Gasteiger partial charge in [0.15, 0.2) is 0 Å². The van der Waals surface area contributed by atoms with E-state index in [9.17, 15) is 9.59 Å². The van der Waals surface area contributed by atoms with Crippen LogP contribution in [0.2, 0.25) is 0 Å². The largest absolute Gasteiger partial charge is 0.367 e. The Morgan fingerprint density at radius 1 is 1.57 bits per heavy atom. The van der Waals surface area contributed by atoms with Gasteiger partial charge >= 0.3 is 6.03 Å². The highest BCUT2D eigenvalue weighted by atomic mass is 16.2. The van der Waals surface area contributed by atoms with Gasteiger partial charge in [0.2, 0.25) is 5.91 Å². The van der Waals surface area contributed by atoms with Gasteiger partial charge in [-0.3, -0.25) is 4.79 Å². The number of hydrogen-bond donors (Lipinski definition) is 1. The van der Waals surface area contributed by atoms with Gasteiger partial charge in [0.25, 0.3) is 0 Å². The fourth-order valence-electron chi connectivity index (χ4n) is 0.548. The molecule has 0 aromatic carbocycles. The van der Waals surface area contributed by atoms with Gasteiger partial charge in [0.1, 0.15) is 0 Å². The van der Waals surface area contributed by atoms with Gasteiger partial charge in [-0.25, -0.2) is 4.79 Å². The first-order valence-electron chi connectivity index (χ1n) is 4.21. The van der Waals surface area contributed by atoms with Crippen molar-refractivity contribution in [1.82, 2.24) is 5.32 Å². The number of hydrogen-bond acceptors (Lipinski definition) is 2. The lowest BCUT2D eigenvalue weighted by atomic mass is 10.4. The Morgan fingerprint density at radius 2 is 2.14 bits per heavy atom. The third kappa shape index (κ3) is 6.90. The van der Waals surface area contributed by atoms with Gasteiger partial charge in [0.05, 0.1) is 12.4 Å². The van der Waals surface area contributed by atoms with Crippen LogP contribution in [0.25, 0.3) is 0 Å². The zero-order valence-corrected chi connectivity index (χ0v) is 8.06. The minimum absolute atomic E-state index is 0.0909. The molecule has 0 aromatic heterocycles. The first-order valence-corrected chi connectivity index (χ1v) is 4.21. The van der Waals surface area contributed by atoms with E-state index in [4.69, 9.17) is 0 Å². The molecule has 0 aromatic rings. The number of amides is 3. The van der Waals surface area contributed by atoms with Crippen molar-refractivity contribution in [3.8, 4) is 0 Å². The lowest BCUT2D eigenvalue weighted by Crippen LogP contribution is -2.20. The summed E-state index contributed by atoms with van der Waals surface area (Å²) in [6.45, 7) is 6.05. The molecule has 0 saturated heterocycles. The Labute approximate surface area is 82.6 Å². The Kier molecular flexibility index (Phi) is 6.85. The maximum Gasteiger partial charge on any atom is 0.367 e. The lowest BCUT2D eigenvalue weighted by Gasteiger charge is -1.94. The van der Waals surface area contributed by atoms with Crippen LogP contribution in [0.5, 0.6) is 0 Å². The molecule has 0 aliphatic carbocycles. The molecule has 5 heteroatoms. The van der Waals surface area contributed by atoms with Crippen LogP contribution in [0.4, 0.5) is 4.79 Å². The number of rotatable bonds is 3. The fraction of sp³-hybridized carbons (Fsp3) is 0.333. The molecule has 5 nitrogen and oxygen atoms in total. The summed E-state index contributed by atoms with van der Waals surface area (Å²) >= 11 is 0. The van der Waals surface area contributed by atoms with E-state index in [1.54, 1.807) is 0 Å². The molecule has 1 heterocycles. The molecular formula is C9H13N3O2. The zero-order chi connectivity index (χ0) is 10.8. The average molecular weight is 195 g/mol. The van der Waals surface area contributed by atoms with Crippen LogP contribution in [0.1, 0.15) is 13.3 Å². The van der Waals surface area contributed by atoms with Crippen molar-refractivity contribution in [1.29, 1.82) is 0 Å². The van der Waals surface area contributed by atoms with E-state index < -0.39 is 6.03 Å². The quantitative estimate of drug-likeness (QED) is 0.681. The Hall–Kier alpha value is -1.78. The van der Waals surface area contributed by atoms with Crippen molar-refractivity contribution in [2.75, 3.05) is 6.54 Å². The lowest BCUT2D eigenvalue weighted by molar-refractivity contribution is -0.116. The molecule has 0 saturated carbocycles. The standard InChI is InChI=1S/C6H11NO.C3H2N2O/c1-3-5-7-6(8)4-2;6-3-4-1-2-5-3/h4H,2-3,5H2,1H3,(H,7,8);1-2H.